The van der Waals surface area contributed by atoms with Crippen LogP contribution in [0.15, 0.2) is 34.9 Å². The van der Waals surface area contributed by atoms with Crippen LogP contribution in [0.1, 0.15) is 21.6 Å². The summed E-state index contributed by atoms with van der Waals surface area (Å²) < 4.78 is 15.4. The number of aryl methyl sites for hydroxylation is 1. The van der Waals surface area contributed by atoms with Gasteiger partial charge in [0.25, 0.3) is 23.3 Å². The first-order valence-electron chi connectivity index (χ1n) is 7.64. The summed E-state index contributed by atoms with van der Waals surface area (Å²) in [6.07, 6.45) is 1.15. The highest BCUT2D eigenvalue weighted by Gasteiger charge is 2.61. The molecule has 0 saturated carbocycles. The molecule has 1 aliphatic rings. The minimum absolute atomic E-state index is 0.0266. The van der Waals surface area contributed by atoms with E-state index in [1.807, 2.05) is 0 Å². The fourth-order valence-corrected chi connectivity index (χ4v) is 3.42. The Hall–Kier alpha value is -3.01. The Morgan fingerprint density at radius 1 is 1.30 bits per heavy atom. The van der Waals surface area contributed by atoms with Gasteiger partial charge >= 0.3 is 5.97 Å². The number of benzene rings is 1. The molecule has 2 aromatic rings. The number of rotatable bonds is 4. The van der Waals surface area contributed by atoms with Crippen molar-refractivity contribution in [1.82, 2.24) is 9.47 Å². The van der Waals surface area contributed by atoms with E-state index in [9.17, 15) is 28.7 Å². The van der Waals surface area contributed by atoms with E-state index in [2.05, 4.69) is 15.9 Å². The van der Waals surface area contributed by atoms with Crippen LogP contribution in [-0.2, 0) is 26.5 Å². The number of fused-ring (bicyclic) bond motifs is 1. The second-order valence-corrected chi connectivity index (χ2v) is 6.95. The highest BCUT2D eigenvalue weighted by atomic mass is 79.9. The number of halogens is 2. The number of hydrogen-bond donors (Lipinski definition) is 2. The summed E-state index contributed by atoms with van der Waals surface area (Å²) in [4.78, 5) is 50.4. The summed E-state index contributed by atoms with van der Waals surface area (Å²) >= 11 is 3.10. The molecule has 0 aliphatic carbocycles. The number of primary amides is 1. The Kier molecular flexibility index (Phi) is 4.38. The third kappa shape index (κ3) is 2.55. The van der Waals surface area contributed by atoms with Gasteiger partial charge in [-0.05, 0) is 30.7 Å². The van der Waals surface area contributed by atoms with Crippen molar-refractivity contribution in [3.63, 3.8) is 0 Å². The van der Waals surface area contributed by atoms with Crippen LogP contribution in [0.3, 0.4) is 0 Å². The van der Waals surface area contributed by atoms with Crippen LogP contribution < -0.4 is 5.73 Å². The SMILES string of the molecule is Cc1ccn2c1C(=O)N(Cc1ccc(Br)cc1F)C(=O)C2(C(N)=O)C(=O)O. The first kappa shape index (κ1) is 18.8. The molecule has 3 amide bonds. The number of aliphatic carboxylic acids is 1. The van der Waals surface area contributed by atoms with Gasteiger partial charge in [0, 0.05) is 16.2 Å². The molecule has 140 valence electrons. The number of nitrogens with zero attached hydrogens (tertiary/aromatic N) is 2. The van der Waals surface area contributed by atoms with E-state index in [1.165, 1.54) is 25.1 Å². The standard InChI is InChI=1S/C17H13BrFN3O5/c1-8-4-5-22-12(8)13(23)21(7-9-2-3-10(18)6-11(9)19)15(25)17(22,14(20)24)16(26)27/h2-6H,7H2,1H3,(H2,20,24)(H,26,27). The fraction of sp³-hybridized carbons (Fsp3) is 0.176. The van der Waals surface area contributed by atoms with Gasteiger partial charge in [0.2, 0.25) is 0 Å². The van der Waals surface area contributed by atoms with Crippen molar-refractivity contribution in [2.24, 2.45) is 5.73 Å². The van der Waals surface area contributed by atoms with Crippen LogP contribution in [0.5, 0.6) is 0 Å². The molecule has 3 rings (SSSR count). The zero-order valence-electron chi connectivity index (χ0n) is 13.9. The number of carboxylic acid groups (broad SMARTS) is 1. The van der Waals surface area contributed by atoms with Gasteiger partial charge in [-0.3, -0.25) is 19.3 Å². The minimum Gasteiger partial charge on any atom is -0.479 e. The van der Waals surface area contributed by atoms with E-state index < -0.39 is 41.6 Å². The quantitative estimate of drug-likeness (QED) is 0.548. The molecule has 3 N–H and O–H groups in total. The van der Waals surface area contributed by atoms with Crippen LogP contribution in [-0.4, -0.2) is 38.3 Å². The van der Waals surface area contributed by atoms with Gasteiger partial charge < -0.3 is 15.4 Å². The first-order chi connectivity index (χ1) is 12.6. The molecular weight excluding hydrogens is 425 g/mol. The first-order valence-corrected chi connectivity index (χ1v) is 8.43. The number of amides is 3. The molecule has 27 heavy (non-hydrogen) atoms. The van der Waals surface area contributed by atoms with Crippen molar-refractivity contribution in [2.75, 3.05) is 0 Å². The molecule has 1 aliphatic heterocycles. The van der Waals surface area contributed by atoms with Crippen molar-refractivity contribution < 1.29 is 28.7 Å². The summed E-state index contributed by atoms with van der Waals surface area (Å²) in [6, 6.07) is 5.38. The maximum absolute atomic E-state index is 14.2. The van der Waals surface area contributed by atoms with Crippen molar-refractivity contribution >= 4 is 39.6 Å². The Bertz CT molecular complexity index is 1000. The molecule has 0 fully saturated rings. The summed E-state index contributed by atoms with van der Waals surface area (Å²) in [6.45, 7) is 0.967. The second kappa shape index (κ2) is 6.31. The third-order valence-corrected chi connectivity index (χ3v) is 4.95. The predicted octanol–water partition coefficient (Wildman–Crippen LogP) is 1.15. The molecule has 8 nitrogen and oxygen atoms in total. The number of carbonyl (C=O) groups excluding carboxylic acids is 3. The average molecular weight is 438 g/mol. The van der Waals surface area contributed by atoms with E-state index in [1.54, 1.807) is 0 Å². The lowest BCUT2D eigenvalue weighted by atomic mass is 9.92. The Balaban J connectivity index is 2.21. The smallest absolute Gasteiger partial charge is 0.350 e. The van der Waals surface area contributed by atoms with Gasteiger partial charge in [-0.25, -0.2) is 9.18 Å². The van der Waals surface area contributed by atoms with Gasteiger partial charge in [-0.15, -0.1) is 0 Å². The summed E-state index contributed by atoms with van der Waals surface area (Å²) in [7, 11) is 0. The van der Waals surface area contributed by atoms with Crippen LogP contribution >= 0.6 is 15.9 Å². The maximum Gasteiger partial charge on any atom is 0.350 e. The summed E-state index contributed by atoms with van der Waals surface area (Å²) in [5.74, 6) is -6.18. The lowest BCUT2D eigenvalue weighted by Crippen LogP contribution is -2.67. The van der Waals surface area contributed by atoms with E-state index >= 15 is 0 Å². The minimum atomic E-state index is -2.83. The van der Waals surface area contributed by atoms with Crippen molar-refractivity contribution in [3.8, 4) is 0 Å². The molecular formula is C17H13BrFN3O5. The third-order valence-electron chi connectivity index (χ3n) is 4.46. The Morgan fingerprint density at radius 2 is 1.96 bits per heavy atom. The van der Waals surface area contributed by atoms with Crippen LogP contribution in [0, 0.1) is 12.7 Å². The predicted molar refractivity (Wildman–Crippen MR) is 93.0 cm³/mol. The Labute approximate surface area is 160 Å². The number of hydrogen-bond acceptors (Lipinski definition) is 4. The van der Waals surface area contributed by atoms with E-state index in [-0.39, 0.29) is 11.3 Å². The monoisotopic (exact) mass is 437 g/mol. The molecule has 0 bridgehead atoms. The van der Waals surface area contributed by atoms with E-state index in [0.717, 1.165) is 16.8 Å². The van der Waals surface area contributed by atoms with Crippen molar-refractivity contribution in [3.05, 3.63) is 57.6 Å². The van der Waals surface area contributed by atoms with E-state index in [4.69, 9.17) is 5.73 Å². The number of carbonyl (C=O) groups is 4. The lowest BCUT2D eigenvalue weighted by molar-refractivity contribution is -0.163. The maximum atomic E-state index is 14.2. The summed E-state index contributed by atoms with van der Waals surface area (Å²) in [5, 5.41) is 9.69. The molecule has 1 aromatic heterocycles. The second-order valence-electron chi connectivity index (χ2n) is 6.03. The topological polar surface area (TPSA) is 123 Å². The molecule has 0 radical (unpaired) electrons. The van der Waals surface area contributed by atoms with Gasteiger partial charge in [-0.1, -0.05) is 22.0 Å². The fourth-order valence-electron chi connectivity index (χ4n) is 3.09. The normalized spacial score (nSPS) is 19.1. The molecule has 0 spiro atoms. The molecule has 10 heteroatoms. The highest BCUT2D eigenvalue weighted by molar-refractivity contribution is 9.10. The molecule has 1 unspecified atom stereocenters. The van der Waals surface area contributed by atoms with Crippen LogP contribution in [0.2, 0.25) is 0 Å². The van der Waals surface area contributed by atoms with Crippen molar-refractivity contribution in [2.45, 2.75) is 19.0 Å². The number of aromatic nitrogens is 1. The highest BCUT2D eigenvalue weighted by Crippen LogP contribution is 2.33. The van der Waals surface area contributed by atoms with Gasteiger partial charge in [0.05, 0.1) is 6.54 Å². The van der Waals surface area contributed by atoms with Crippen LogP contribution in [0.25, 0.3) is 0 Å². The number of imide groups is 1. The number of nitrogens with two attached hydrogens (primary N) is 1. The summed E-state index contributed by atoms with van der Waals surface area (Å²) in [5.41, 5.74) is 2.61. The lowest BCUT2D eigenvalue weighted by Gasteiger charge is -2.37. The average Bonchev–Trinajstić information content (AvgIpc) is 2.95. The zero-order valence-corrected chi connectivity index (χ0v) is 15.5. The van der Waals surface area contributed by atoms with Gasteiger partial charge in [0.1, 0.15) is 11.5 Å². The molecule has 1 aromatic carbocycles. The van der Waals surface area contributed by atoms with Gasteiger partial charge in [0.15, 0.2) is 0 Å². The van der Waals surface area contributed by atoms with Gasteiger partial charge in [-0.2, -0.15) is 0 Å². The zero-order chi connectivity index (χ0) is 20.1. The Morgan fingerprint density at radius 3 is 2.52 bits per heavy atom. The molecule has 2 heterocycles. The molecule has 0 saturated heterocycles. The van der Waals surface area contributed by atoms with E-state index in [0.29, 0.717) is 14.9 Å². The number of carboxylic acids is 1. The van der Waals surface area contributed by atoms with Crippen LogP contribution in [0.4, 0.5) is 4.39 Å². The molecule has 1 atom stereocenters. The largest absolute Gasteiger partial charge is 0.479 e. The van der Waals surface area contributed by atoms with Crippen molar-refractivity contribution in [1.29, 1.82) is 0 Å².